The second-order valence-corrected chi connectivity index (χ2v) is 5.45. The number of nitrogens with zero attached hydrogens (tertiary/aromatic N) is 5. The maximum Gasteiger partial charge on any atom is 0.322 e. The van der Waals surface area contributed by atoms with Crippen molar-refractivity contribution in [3.05, 3.63) is 47.7 Å². The molecule has 0 aliphatic heterocycles. The molecule has 0 aliphatic carbocycles. The minimum atomic E-state index is -0.364. The molecule has 10 heteroatoms. The van der Waals surface area contributed by atoms with Gasteiger partial charge in [-0.05, 0) is 30.3 Å². The van der Waals surface area contributed by atoms with E-state index in [4.69, 9.17) is 9.47 Å². The molecule has 0 fully saturated rings. The summed E-state index contributed by atoms with van der Waals surface area (Å²) in [5.41, 5.74) is 1.60. The van der Waals surface area contributed by atoms with Crippen LogP contribution in [0.5, 0.6) is 12.0 Å². The molecule has 1 amide bonds. The number of hydrogen-bond donors (Lipinski definition) is 1. The maximum atomic E-state index is 13.1. The average molecular weight is 372 g/mol. The molecule has 0 bridgehead atoms. The molecule has 0 radical (unpaired) electrons. The summed E-state index contributed by atoms with van der Waals surface area (Å²) in [6, 6.07) is 7.68. The number of aromatic nitrogens is 5. The van der Waals surface area contributed by atoms with Gasteiger partial charge in [-0.3, -0.25) is 9.48 Å². The van der Waals surface area contributed by atoms with Gasteiger partial charge >= 0.3 is 12.0 Å². The summed E-state index contributed by atoms with van der Waals surface area (Å²) in [5.74, 6) is -0.416. The minimum absolute atomic E-state index is 0.0468. The highest BCUT2D eigenvalue weighted by Crippen LogP contribution is 2.19. The van der Waals surface area contributed by atoms with Crippen molar-refractivity contribution >= 4 is 5.91 Å². The lowest BCUT2D eigenvalue weighted by atomic mass is 10.1. The summed E-state index contributed by atoms with van der Waals surface area (Å²) in [6.07, 6.45) is 0. The Balaban J connectivity index is 1.74. The summed E-state index contributed by atoms with van der Waals surface area (Å²) < 4.78 is 24.5. The van der Waals surface area contributed by atoms with E-state index in [1.54, 1.807) is 25.2 Å². The molecule has 1 N–H and O–H groups in total. The zero-order valence-corrected chi connectivity index (χ0v) is 14.9. The zero-order valence-electron chi connectivity index (χ0n) is 14.9. The molecule has 0 unspecified atom stereocenters. The summed E-state index contributed by atoms with van der Waals surface area (Å²) in [6.45, 7) is 0.0468. The Hall–Kier alpha value is -3.56. The predicted octanol–water partition coefficient (Wildman–Crippen LogP) is 1.36. The number of methoxy groups -OCH3 is 2. The number of benzene rings is 1. The standard InChI is InChI=1S/C17H17FN6O3/c1-24-13(8-12(23-24)10-4-6-11(18)7-5-10)15(25)19-9-14-20-16(26-2)22-17(21-14)27-3/h4-8H,9H2,1-3H3,(H,19,25). The Kier molecular flexibility index (Phi) is 5.25. The minimum Gasteiger partial charge on any atom is -0.467 e. The van der Waals surface area contributed by atoms with Crippen LogP contribution in [0.25, 0.3) is 11.3 Å². The van der Waals surface area contributed by atoms with Gasteiger partial charge in [0.25, 0.3) is 5.91 Å². The van der Waals surface area contributed by atoms with Gasteiger partial charge in [0.15, 0.2) is 5.82 Å². The highest BCUT2D eigenvalue weighted by atomic mass is 19.1. The van der Waals surface area contributed by atoms with Crippen LogP contribution in [0.2, 0.25) is 0 Å². The Labute approximate surface area is 154 Å². The third-order valence-electron chi connectivity index (χ3n) is 3.67. The first-order valence-corrected chi connectivity index (χ1v) is 7.91. The topological polar surface area (TPSA) is 104 Å². The van der Waals surface area contributed by atoms with Crippen LogP contribution in [0.15, 0.2) is 30.3 Å². The van der Waals surface area contributed by atoms with Crippen LogP contribution < -0.4 is 14.8 Å². The Bertz CT molecular complexity index is 936. The number of nitrogens with one attached hydrogen (secondary N) is 1. The van der Waals surface area contributed by atoms with Crippen LogP contribution in [0.3, 0.4) is 0 Å². The lowest BCUT2D eigenvalue weighted by molar-refractivity contribution is 0.0940. The summed E-state index contributed by atoms with van der Waals surface area (Å²) in [5, 5.41) is 7.00. The van der Waals surface area contributed by atoms with E-state index in [9.17, 15) is 9.18 Å². The maximum absolute atomic E-state index is 13.1. The van der Waals surface area contributed by atoms with Gasteiger partial charge in [0.2, 0.25) is 0 Å². The van der Waals surface area contributed by atoms with E-state index in [2.05, 4.69) is 25.4 Å². The van der Waals surface area contributed by atoms with Gasteiger partial charge in [-0.1, -0.05) is 0 Å². The molecule has 0 saturated carbocycles. The molecule has 2 aromatic heterocycles. The van der Waals surface area contributed by atoms with E-state index < -0.39 is 0 Å². The van der Waals surface area contributed by atoms with Crippen LogP contribution >= 0.6 is 0 Å². The van der Waals surface area contributed by atoms with Crippen molar-refractivity contribution in [3.8, 4) is 23.3 Å². The van der Waals surface area contributed by atoms with E-state index >= 15 is 0 Å². The molecule has 2 heterocycles. The van der Waals surface area contributed by atoms with Gasteiger partial charge in [0.05, 0.1) is 26.5 Å². The van der Waals surface area contributed by atoms with E-state index in [0.717, 1.165) is 0 Å². The van der Waals surface area contributed by atoms with Crippen molar-refractivity contribution in [2.45, 2.75) is 6.54 Å². The second-order valence-electron chi connectivity index (χ2n) is 5.45. The Morgan fingerprint density at radius 1 is 1.11 bits per heavy atom. The monoisotopic (exact) mass is 372 g/mol. The number of amides is 1. The van der Waals surface area contributed by atoms with Crippen LogP contribution in [0, 0.1) is 5.82 Å². The van der Waals surface area contributed by atoms with Gasteiger partial charge in [-0.2, -0.15) is 15.1 Å². The van der Waals surface area contributed by atoms with Gasteiger partial charge in [0, 0.05) is 12.6 Å². The van der Waals surface area contributed by atoms with Crippen molar-refractivity contribution in [1.82, 2.24) is 30.0 Å². The highest BCUT2D eigenvalue weighted by molar-refractivity contribution is 5.93. The number of ether oxygens (including phenoxy) is 2. The summed E-state index contributed by atoms with van der Waals surface area (Å²) >= 11 is 0. The van der Waals surface area contributed by atoms with Crippen LogP contribution in [-0.2, 0) is 13.6 Å². The van der Waals surface area contributed by atoms with E-state index in [1.165, 1.54) is 31.0 Å². The molecule has 0 aliphatic rings. The van der Waals surface area contributed by atoms with Crippen molar-refractivity contribution in [1.29, 1.82) is 0 Å². The van der Waals surface area contributed by atoms with Crippen molar-refractivity contribution < 1.29 is 18.7 Å². The molecule has 9 nitrogen and oxygen atoms in total. The Morgan fingerprint density at radius 2 is 1.74 bits per heavy atom. The fourth-order valence-corrected chi connectivity index (χ4v) is 2.33. The van der Waals surface area contributed by atoms with Gasteiger partial charge in [-0.25, -0.2) is 4.39 Å². The fourth-order valence-electron chi connectivity index (χ4n) is 2.33. The number of carbonyl (C=O) groups excluding carboxylic acids is 1. The lowest BCUT2D eigenvalue weighted by Gasteiger charge is -2.06. The zero-order chi connectivity index (χ0) is 19.4. The molecular formula is C17H17FN6O3. The molecule has 0 spiro atoms. The van der Waals surface area contributed by atoms with Gasteiger partial charge in [0.1, 0.15) is 11.5 Å². The number of rotatable bonds is 6. The fraction of sp³-hybridized carbons (Fsp3) is 0.235. The largest absolute Gasteiger partial charge is 0.467 e. The van der Waals surface area contributed by atoms with E-state index in [1.807, 2.05) is 0 Å². The molecular weight excluding hydrogens is 355 g/mol. The van der Waals surface area contributed by atoms with Crippen molar-refractivity contribution in [3.63, 3.8) is 0 Å². The first kappa shape index (κ1) is 18.2. The third-order valence-corrected chi connectivity index (χ3v) is 3.67. The summed E-state index contributed by atoms with van der Waals surface area (Å²) in [7, 11) is 4.49. The number of carbonyl (C=O) groups is 1. The van der Waals surface area contributed by atoms with E-state index in [-0.39, 0.29) is 36.1 Å². The highest BCUT2D eigenvalue weighted by Gasteiger charge is 2.15. The molecule has 3 rings (SSSR count). The molecule has 27 heavy (non-hydrogen) atoms. The van der Waals surface area contributed by atoms with Gasteiger partial charge in [-0.15, -0.1) is 4.98 Å². The second kappa shape index (κ2) is 7.77. The normalized spacial score (nSPS) is 10.5. The molecule has 0 saturated heterocycles. The molecule has 1 aromatic carbocycles. The molecule has 140 valence electrons. The number of aryl methyl sites for hydroxylation is 1. The third kappa shape index (κ3) is 4.17. The van der Waals surface area contributed by atoms with Crippen LogP contribution in [0.1, 0.15) is 16.3 Å². The van der Waals surface area contributed by atoms with Crippen LogP contribution in [-0.4, -0.2) is 44.9 Å². The SMILES string of the molecule is COc1nc(CNC(=O)c2cc(-c3ccc(F)cc3)nn2C)nc(OC)n1. The predicted molar refractivity (Wildman–Crippen MR) is 92.7 cm³/mol. The molecule has 0 atom stereocenters. The first-order chi connectivity index (χ1) is 13.0. The van der Waals surface area contributed by atoms with Gasteiger partial charge < -0.3 is 14.8 Å². The van der Waals surface area contributed by atoms with Crippen molar-refractivity contribution in [2.75, 3.05) is 14.2 Å². The van der Waals surface area contributed by atoms with Crippen LogP contribution in [0.4, 0.5) is 4.39 Å². The smallest absolute Gasteiger partial charge is 0.322 e. The first-order valence-electron chi connectivity index (χ1n) is 7.91. The average Bonchev–Trinajstić information content (AvgIpc) is 3.08. The molecule has 3 aromatic rings. The quantitative estimate of drug-likeness (QED) is 0.697. The Morgan fingerprint density at radius 3 is 2.33 bits per heavy atom. The number of hydrogen-bond acceptors (Lipinski definition) is 7. The van der Waals surface area contributed by atoms with Crippen molar-refractivity contribution in [2.24, 2.45) is 7.05 Å². The number of halogens is 1. The summed E-state index contributed by atoms with van der Waals surface area (Å²) in [4.78, 5) is 24.5. The van der Waals surface area contributed by atoms with E-state index in [0.29, 0.717) is 17.0 Å². The lowest BCUT2D eigenvalue weighted by Crippen LogP contribution is -2.26.